The maximum atomic E-state index is 11.4. The molecule has 0 aliphatic carbocycles. The van der Waals surface area contributed by atoms with Gasteiger partial charge in [-0.1, -0.05) is 23.2 Å². The molecule has 6 nitrogen and oxygen atoms in total. The molecule has 0 atom stereocenters. The zero-order chi connectivity index (χ0) is 12.7. The van der Waals surface area contributed by atoms with Crippen LogP contribution < -0.4 is 5.56 Å². The lowest BCUT2D eigenvalue weighted by molar-refractivity contribution is -0.387. The van der Waals surface area contributed by atoms with Crippen LogP contribution in [-0.2, 0) is 0 Å². The van der Waals surface area contributed by atoms with Crippen LogP contribution >= 0.6 is 23.2 Å². The van der Waals surface area contributed by atoms with Crippen LogP contribution in [0.25, 0.3) is 10.9 Å². The number of aromatic nitrogens is 1. The average molecular weight is 275 g/mol. The fraction of sp³-hybridized carbons (Fsp3) is 0. The summed E-state index contributed by atoms with van der Waals surface area (Å²) in [6.45, 7) is 0. The van der Waals surface area contributed by atoms with Crippen LogP contribution in [0.1, 0.15) is 0 Å². The van der Waals surface area contributed by atoms with Gasteiger partial charge in [-0.2, -0.15) is 0 Å². The number of rotatable bonds is 1. The minimum Gasteiger partial charge on any atom is -0.501 e. The van der Waals surface area contributed by atoms with Gasteiger partial charge in [-0.3, -0.25) is 14.9 Å². The van der Waals surface area contributed by atoms with E-state index in [1.807, 2.05) is 0 Å². The highest BCUT2D eigenvalue weighted by Gasteiger charge is 2.24. The van der Waals surface area contributed by atoms with E-state index in [1.165, 1.54) is 12.1 Å². The number of hydrogen-bond acceptors (Lipinski definition) is 4. The standard InChI is InChI=1S/C9H4Cl2N2O4/c10-3-1-2-4-5(6(3)11)8(14)7(13(16)17)9(15)12-4/h1-2H,(H2,12,14,15). The zero-order valence-corrected chi connectivity index (χ0v) is 9.54. The summed E-state index contributed by atoms with van der Waals surface area (Å²) < 4.78 is 0. The third-order valence-corrected chi connectivity index (χ3v) is 3.01. The summed E-state index contributed by atoms with van der Waals surface area (Å²) in [4.78, 5) is 23.3. The third-order valence-electron chi connectivity index (χ3n) is 2.20. The van der Waals surface area contributed by atoms with Gasteiger partial charge >= 0.3 is 11.2 Å². The molecule has 0 fully saturated rings. The Hall–Kier alpha value is -1.79. The predicted molar refractivity (Wildman–Crippen MR) is 62.9 cm³/mol. The number of nitrogens with zero attached hydrogens (tertiary/aromatic N) is 1. The van der Waals surface area contributed by atoms with Crippen molar-refractivity contribution in [1.82, 2.24) is 4.98 Å². The number of aromatic hydroxyl groups is 1. The number of hydrogen-bond donors (Lipinski definition) is 2. The third kappa shape index (κ3) is 1.71. The highest BCUT2D eigenvalue weighted by atomic mass is 35.5. The lowest BCUT2D eigenvalue weighted by Crippen LogP contribution is -2.11. The average Bonchev–Trinajstić information content (AvgIpc) is 2.22. The molecule has 0 saturated carbocycles. The topological polar surface area (TPSA) is 96.2 Å². The van der Waals surface area contributed by atoms with Gasteiger partial charge in [0.1, 0.15) is 0 Å². The zero-order valence-electron chi connectivity index (χ0n) is 8.03. The van der Waals surface area contributed by atoms with E-state index in [-0.39, 0.29) is 20.9 Å². The molecule has 17 heavy (non-hydrogen) atoms. The Kier molecular flexibility index (Phi) is 2.68. The van der Waals surface area contributed by atoms with Crippen LogP contribution in [0.4, 0.5) is 5.69 Å². The number of nitrogens with one attached hydrogen (secondary N) is 1. The van der Waals surface area contributed by atoms with Crippen molar-refractivity contribution in [3.05, 3.63) is 42.6 Å². The lowest BCUT2D eigenvalue weighted by Gasteiger charge is -2.04. The molecule has 0 saturated heterocycles. The Balaban J connectivity index is 3.05. The highest BCUT2D eigenvalue weighted by molar-refractivity contribution is 6.45. The molecular weight excluding hydrogens is 271 g/mol. The van der Waals surface area contributed by atoms with Crippen LogP contribution in [0.2, 0.25) is 10.0 Å². The highest BCUT2D eigenvalue weighted by Crippen LogP contribution is 2.38. The van der Waals surface area contributed by atoms with Crippen molar-refractivity contribution in [1.29, 1.82) is 0 Å². The molecule has 0 aliphatic heterocycles. The van der Waals surface area contributed by atoms with Gasteiger partial charge in [-0.05, 0) is 12.1 Å². The number of pyridine rings is 1. The first kappa shape index (κ1) is 11.7. The smallest absolute Gasteiger partial charge is 0.375 e. The molecule has 88 valence electrons. The summed E-state index contributed by atoms with van der Waals surface area (Å²) in [5.74, 6) is -0.791. The predicted octanol–water partition coefficient (Wildman–Crippen LogP) is 2.45. The second kappa shape index (κ2) is 3.90. The number of nitro groups is 1. The number of fused-ring (bicyclic) bond motifs is 1. The monoisotopic (exact) mass is 274 g/mol. The van der Waals surface area contributed by atoms with Crippen molar-refractivity contribution >= 4 is 39.8 Å². The van der Waals surface area contributed by atoms with Gasteiger partial charge in [0.2, 0.25) is 5.75 Å². The summed E-state index contributed by atoms with van der Waals surface area (Å²) in [5.41, 5.74) is -1.78. The molecule has 0 spiro atoms. The fourth-order valence-corrected chi connectivity index (χ4v) is 1.87. The van der Waals surface area contributed by atoms with Gasteiger partial charge in [0.15, 0.2) is 0 Å². The SMILES string of the molecule is O=c1[nH]c2ccc(Cl)c(Cl)c2c(O)c1[N+](=O)[O-]. The summed E-state index contributed by atoms with van der Waals surface area (Å²) in [6, 6.07) is 2.81. The fourth-order valence-electron chi connectivity index (χ4n) is 1.46. The van der Waals surface area contributed by atoms with E-state index >= 15 is 0 Å². The number of H-pyrrole nitrogens is 1. The minimum absolute atomic E-state index is 0.0505. The van der Waals surface area contributed by atoms with Gasteiger partial charge in [0, 0.05) is 0 Å². The normalized spacial score (nSPS) is 10.7. The Morgan fingerprint density at radius 3 is 2.59 bits per heavy atom. The van der Waals surface area contributed by atoms with Crippen LogP contribution in [0.3, 0.4) is 0 Å². The van der Waals surface area contributed by atoms with Crippen molar-refractivity contribution in [2.75, 3.05) is 0 Å². The van der Waals surface area contributed by atoms with Gasteiger partial charge in [0.25, 0.3) is 0 Å². The van der Waals surface area contributed by atoms with E-state index in [4.69, 9.17) is 23.2 Å². The van der Waals surface area contributed by atoms with Crippen LogP contribution in [0.15, 0.2) is 16.9 Å². The van der Waals surface area contributed by atoms with Crippen molar-refractivity contribution in [3.63, 3.8) is 0 Å². The Bertz CT molecular complexity index is 695. The second-order valence-electron chi connectivity index (χ2n) is 3.19. The molecular formula is C9H4Cl2N2O4. The molecule has 0 bridgehead atoms. The maximum Gasteiger partial charge on any atom is 0.375 e. The van der Waals surface area contributed by atoms with E-state index in [1.54, 1.807) is 0 Å². The van der Waals surface area contributed by atoms with E-state index in [2.05, 4.69) is 4.98 Å². The molecule has 1 aromatic carbocycles. The van der Waals surface area contributed by atoms with Crippen molar-refractivity contribution in [3.8, 4) is 5.75 Å². The molecule has 1 aromatic heterocycles. The lowest BCUT2D eigenvalue weighted by atomic mass is 10.2. The first-order valence-corrected chi connectivity index (χ1v) is 5.06. The molecule has 0 unspecified atom stereocenters. The number of benzene rings is 1. The summed E-state index contributed by atoms with van der Waals surface area (Å²) >= 11 is 11.6. The van der Waals surface area contributed by atoms with Gasteiger partial charge in [0.05, 0.1) is 25.9 Å². The largest absolute Gasteiger partial charge is 0.501 e. The first-order chi connectivity index (χ1) is 7.93. The van der Waals surface area contributed by atoms with Crippen LogP contribution in [0, 0.1) is 10.1 Å². The molecule has 2 N–H and O–H groups in total. The first-order valence-electron chi connectivity index (χ1n) is 4.31. The van der Waals surface area contributed by atoms with Crippen molar-refractivity contribution < 1.29 is 10.0 Å². The quantitative estimate of drug-likeness (QED) is 0.617. The van der Waals surface area contributed by atoms with E-state index in [0.717, 1.165) is 0 Å². The summed E-state index contributed by atoms with van der Waals surface area (Å²) in [5, 5.41) is 20.3. The molecule has 1 heterocycles. The van der Waals surface area contributed by atoms with E-state index in [9.17, 15) is 20.0 Å². The molecule has 0 amide bonds. The molecule has 0 radical (unpaired) electrons. The van der Waals surface area contributed by atoms with Crippen LogP contribution in [0.5, 0.6) is 5.75 Å². The molecule has 2 rings (SSSR count). The minimum atomic E-state index is -1.00. The van der Waals surface area contributed by atoms with Crippen LogP contribution in [-0.4, -0.2) is 15.0 Å². The van der Waals surface area contributed by atoms with Crippen molar-refractivity contribution in [2.45, 2.75) is 0 Å². The van der Waals surface area contributed by atoms with Crippen molar-refractivity contribution in [2.24, 2.45) is 0 Å². The maximum absolute atomic E-state index is 11.4. The van der Waals surface area contributed by atoms with E-state index in [0.29, 0.717) is 0 Å². The second-order valence-corrected chi connectivity index (χ2v) is 3.98. The number of aromatic amines is 1. The van der Waals surface area contributed by atoms with Gasteiger partial charge in [-0.15, -0.1) is 0 Å². The Morgan fingerprint density at radius 1 is 1.35 bits per heavy atom. The molecule has 8 heteroatoms. The Morgan fingerprint density at radius 2 is 2.00 bits per heavy atom. The summed E-state index contributed by atoms with van der Waals surface area (Å²) in [6.07, 6.45) is 0. The molecule has 0 aliphatic rings. The van der Waals surface area contributed by atoms with Gasteiger partial charge < -0.3 is 10.1 Å². The van der Waals surface area contributed by atoms with E-state index < -0.39 is 21.9 Å². The number of halogens is 2. The summed E-state index contributed by atoms with van der Waals surface area (Å²) in [7, 11) is 0. The Labute approximate surface area is 104 Å². The molecule has 2 aromatic rings. The van der Waals surface area contributed by atoms with Gasteiger partial charge in [-0.25, -0.2) is 0 Å².